The van der Waals surface area contributed by atoms with E-state index >= 15 is 0 Å². The van der Waals surface area contributed by atoms with Gasteiger partial charge in [-0.05, 0) is 60.4 Å². The van der Waals surface area contributed by atoms with Crippen molar-refractivity contribution in [2.75, 3.05) is 38.2 Å². The van der Waals surface area contributed by atoms with Gasteiger partial charge in [0.1, 0.15) is 25.6 Å². The fourth-order valence-corrected chi connectivity index (χ4v) is 6.44. The molecule has 0 aromatic carbocycles. The molecular weight excluding hydrogens is 615 g/mol. The molecule has 1 aliphatic rings. The Labute approximate surface area is 237 Å². The van der Waals surface area contributed by atoms with Crippen molar-refractivity contribution in [3.63, 3.8) is 0 Å². The number of halogens is 1. The number of anilines is 1. The molecule has 11 heteroatoms. The molecule has 0 saturated heterocycles. The molecule has 0 amide bonds. The van der Waals surface area contributed by atoms with E-state index in [0.717, 1.165) is 65.2 Å². The SMILES string of the molecule is C[Si](C)(C)CCOCN(COCC[Si](C)(C)C)c1cc(C2CCC(C=O)(CO)CC2)nc2c(I)cnn12. The molecule has 0 atom stereocenters. The van der Waals surface area contributed by atoms with Crippen molar-refractivity contribution in [1.29, 1.82) is 0 Å². The summed E-state index contributed by atoms with van der Waals surface area (Å²) < 4.78 is 15.2. The summed E-state index contributed by atoms with van der Waals surface area (Å²) in [5, 5.41) is 14.4. The molecular formula is C26H45IN4O4Si2. The first-order valence-electron chi connectivity index (χ1n) is 13.4. The normalized spacial score (nSPS) is 20.9. The van der Waals surface area contributed by atoms with Crippen LogP contribution in [0.5, 0.6) is 0 Å². The lowest BCUT2D eigenvalue weighted by Crippen LogP contribution is -2.34. The van der Waals surface area contributed by atoms with E-state index in [1.54, 1.807) is 0 Å². The van der Waals surface area contributed by atoms with Crippen LogP contribution in [-0.2, 0) is 14.3 Å². The monoisotopic (exact) mass is 660 g/mol. The zero-order chi connectivity index (χ0) is 27.3. The fraction of sp³-hybridized carbons (Fsp3) is 0.731. The zero-order valence-corrected chi connectivity index (χ0v) is 27.6. The second-order valence-electron chi connectivity index (χ2n) is 12.9. The number of rotatable bonds is 14. The molecule has 1 aliphatic carbocycles. The Morgan fingerprint density at radius 3 is 2.16 bits per heavy atom. The van der Waals surface area contributed by atoms with Gasteiger partial charge in [-0.1, -0.05) is 39.3 Å². The Morgan fingerprint density at radius 2 is 1.68 bits per heavy atom. The van der Waals surface area contributed by atoms with E-state index in [9.17, 15) is 9.90 Å². The number of hydrogen-bond acceptors (Lipinski definition) is 7. The predicted molar refractivity (Wildman–Crippen MR) is 163 cm³/mol. The average molecular weight is 661 g/mol. The summed E-state index contributed by atoms with van der Waals surface area (Å²) in [7, 11) is -2.38. The van der Waals surface area contributed by atoms with Crippen molar-refractivity contribution in [2.45, 2.75) is 83.0 Å². The molecule has 208 valence electrons. The van der Waals surface area contributed by atoms with Gasteiger partial charge in [-0.15, -0.1) is 0 Å². The molecule has 0 unspecified atom stereocenters. The summed E-state index contributed by atoms with van der Waals surface area (Å²) in [6, 6.07) is 4.34. The zero-order valence-electron chi connectivity index (χ0n) is 23.4. The number of hydrogen-bond donors (Lipinski definition) is 1. The molecule has 2 aromatic rings. The highest BCUT2D eigenvalue weighted by atomic mass is 127. The van der Waals surface area contributed by atoms with Crippen LogP contribution in [0, 0.1) is 8.99 Å². The van der Waals surface area contributed by atoms with Gasteiger partial charge in [0, 0.05) is 52.5 Å². The van der Waals surface area contributed by atoms with E-state index in [2.05, 4.69) is 77.9 Å². The minimum Gasteiger partial charge on any atom is -0.395 e. The molecule has 37 heavy (non-hydrogen) atoms. The van der Waals surface area contributed by atoms with Crippen molar-refractivity contribution in [3.8, 4) is 0 Å². The molecule has 1 saturated carbocycles. The Morgan fingerprint density at radius 1 is 1.11 bits per heavy atom. The highest BCUT2D eigenvalue weighted by Crippen LogP contribution is 2.42. The summed E-state index contributed by atoms with van der Waals surface area (Å²) in [6.45, 7) is 16.4. The first-order valence-corrected chi connectivity index (χ1v) is 21.9. The lowest BCUT2D eigenvalue weighted by Gasteiger charge is -2.34. The number of aromatic nitrogens is 3. The fourth-order valence-electron chi connectivity index (χ4n) is 4.45. The first kappa shape index (κ1) is 30.7. The van der Waals surface area contributed by atoms with Crippen molar-refractivity contribution in [3.05, 3.63) is 21.5 Å². The number of aliphatic hydroxyl groups excluding tert-OH is 1. The number of fused-ring (bicyclic) bond motifs is 1. The van der Waals surface area contributed by atoms with Crippen LogP contribution >= 0.6 is 22.6 Å². The molecule has 0 spiro atoms. The van der Waals surface area contributed by atoms with E-state index < -0.39 is 21.6 Å². The lowest BCUT2D eigenvalue weighted by atomic mass is 9.71. The second-order valence-corrected chi connectivity index (χ2v) is 25.3. The number of carbonyl (C=O) groups excluding carboxylic acids is 1. The van der Waals surface area contributed by atoms with Gasteiger partial charge in [-0.2, -0.15) is 9.61 Å². The molecule has 3 rings (SSSR count). The molecule has 2 heterocycles. The minimum absolute atomic E-state index is 0.0846. The van der Waals surface area contributed by atoms with Crippen LogP contribution in [0.2, 0.25) is 51.4 Å². The van der Waals surface area contributed by atoms with Crippen LogP contribution < -0.4 is 4.90 Å². The van der Waals surface area contributed by atoms with Crippen LogP contribution in [-0.4, -0.2) is 75.4 Å². The standard InChI is InChI=1S/C26H45IN4O4Si2/c1-36(2,3)13-11-34-19-30(20-35-12-14-37(4,5)6)24-15-23(29-25-22(27)16-28-31(24)25)21-7-9-26(17-32,18-33)10-8-21/h15-17,21,33H,7-14,18-20H2,1-6H3. The van der Waals surface area contributed by atoms with Crippen molar-refractivity contribution in [2.24, 2.45) is 5.41 Å². The molecule has 0 bridgehead atoms. The van der Waals surface area contributed by atoms with Crippen LogP contribution in [0.15, 0.2) is 12.3 Å². The third-order valence-electron chi connectivity index (χ3n) is 7.21. The van der Waals surface area contributed by atoms with Gasteiger partial charge in [0.05, 0.1) is 16.4 Å². The van der Waals surface area contributed by atoms with E-state index in [4.69, 9.17) is 14.5 Å². The molecule has 2 aromatic heterocycles. The first-order chi connectivity index (χ1) is 17.4. The second kappa shape index (κ2) is 13.0. The van der Waals surface area contributed by atoms with Gasteiger partial charge in [-0.25, -0.2) is 4.98 Å². The summed E-state index contributed by atoms with van der Waals surface area (Å²) >= 11 is 2.29. The van der Waals surface area contributed by atoms with Crippen molar-refractivity contribution >= 4 is 56.5 Å². The third kappa shape index (κ3) is 8.82. The highest BCUT2D eigenvalue weighted by molar-refractivity contribution is 14.1. The van der Waals surface area contributed by atoms with Crippen molar-refractivity contribution in [1.82, 2.24) is 14.6 Å². The maximum atomic E-state index is 11.6. The molecule has 1 N–H and O–H groups in total. The van der Waals surface area contributed by atoms with Gasteiger partial charge in [0.25, 0.3) is 0 Å². The van der Waals surface area contributed by atoms with Gasteiger partial charge in [0.2, 0.25) is 0 Å². The van der Waals surface area contributed by atoms with Gasteiger partial charge >= 0.3 is 0 Å². The molecule has 1 fully saturated rings. The van der Waals surface area contributed by atoms with Gasteiger partial charge in [0.15, 0.2) is 5.65 Å². The Kier molecular flexibility index (Phi) is 10.8. The average Bonchev–Trinajstić information content (AvgIpc) is 3.22. The Bertz CT molecular complexity index is 1010. The van der Waals surface area contributed by atoms with Crippen LogP contribution in [0.4, 0.5) is 5.82 Å². The summed E-state index contributed by atoms with van der Waals surface area (Å²) in [4.78, 5) is 18.8. The quantitative estimate of drug-likeness (QED) is 0.0928. The number of aldehydes is 1. The minimum atomic E-state index is -1.19. The third-order valence-corrected chi connectivity index (χ3v) is 11.4. The van der Waals surface area contributed by atoms with Crippen LogP contribution in [0.3, 0.4) is 0 Å². The topological polar surface area (TPSA) is 89.2 Å². The summed E-state index contributed by atoms with van der Waals surface area (Å²) in [5.74, 6) is 1.15. The number of carbonyl (C=O) groups is 1. The van der Waals surface area contributed by atoms with Crippen LogP contribution in [0.1, 0.15) is 37.3 Å². The predicted octanol–water partition coefficient (Wildman–Crippen LogP) is 5.60. The maximum absolute atomic E-state index is 11.6. The molecule has 0 radical (unpaired) electrons. The van der Waals surface area contributed by atoms with Gasteiger partial charge < -0.3 is 24.3 Å². The summed E-state index contributed by atoms with van der Waals surface area (Å²) in [5.41, 5.74) is 1.23. The maximum Gasteiger partial charge on any atom is 0.171 e. The Balaban J connectivity index is 1.86. The van der Waals surface area contributed by atoms with Gasteiger partial charge in [-0.3, -0.25) is 0 Å². The number of ether oxygens (including phenoxy) is 2. The Hall–Kier alpha value is -0.866. The van der Waals surface area contributed by atoms with E-state index in [1.165, 1.54) is 0 Å². The number of nitrogens with zero attached hydrogens (tertiary/aromatic N) is 4. The smallest absolute Gasteiger partial charge is 0.171 e. The van der Waals surface area contributed by atoms with E-state index in [1.807, 2.05) is 10.7 Å². The lowest BCUT2D eigenvalue weighted by molar-refractivity contribution is -0.120. The highest BCUT2D eigenvalue weighted by Gasteiger charge is 2.36. The van der Waals surface area contributed by atoms with Crippen LogP contribution in [0.25, 0.3) is 5.65 Å². The van der Waals surface area contributed by atoms with E-state index in [0.29, 0.717) is 26.3 Å². The summed E-state index contributed by atoms with van der Waals surface area (Å²) in [6.07, 6.45) is 5.80. The number of aliphatic hydroxyl groups is 1. The molecule has 0 aliphatic heterocycles. The van der Waals surface area contributed by atoms with E-state index in [-0.39, 0.29) is 12.5 Å². The molecule has 8 nitrogen and oxygen atoms in total. The van der Waals surface area contributed by atoms with Crippen molar-refractivity contribution < 1.29 is 19.4 Å². The largest absolute Gasteiger partial charge is 0.395 e.